The van der Waals surface area contributed by atoms with Gasteiger partial charge < -0.3 is 4.74 Å². The molecule has 0 N–H and O–H groups in total. The molecule has 0 heterocycles. The molecule has 0 radical (unpaired) electrons. The van der Waals surface area contributed by atoms with Gasteiger partial charge in [-0.3, -0.25) is 0 Å². The second-order valence-corrected chi connectivity index (χ2v) is 10.7. The van der Waals surface area contributed by atoms with Gasteiger partial charge >= 0.3 is 0 Å². The van der Waals surface area contributed by atoms with Gasteiger partial charge in [0.1, 0.15) is 11.5 Å². The number of hydrogen-bond acceptors (Lipinski definition) is 3. The maximum Gasteiger partial charge on any atom is 0.109 e. The molecular weight excluding hydrogens is 504 g/mol. The molecule has 144 valence electrons. The van der Waals surface area contributed by atoms with Crippen LogP contribution in [0.1, 0.15) is 25.0 Å². The molecule has 1 nitrogen and oxygen atoms in total. The number of hydrogen-bond donors (Lipinski definition) is 0. The van der Waals surface area contributed by atoms with Crippen LogP contribution in [-0.4, -0.2) is 10.5 Å². The lowest BCUT2D eigenvalue weighted by Gasteiger charge is -2.20. The van der Waals surface area contributed by atoms with Gasteiger partial charge in [-0.15, -0.1) is 23.5 Å². The molecule has 5 heteroatoms. The number of benzene rings is 2. The zero-order chi connectivity index (χ0) is 19.8. The van der Waals surface area contributed by atoms with Crippen LogP contribution in [0.3, 0.4) is 0 Å². The van der Waals surface area contributed by atoms with E-state index in [-0.39, 0.29) is 10.5 Å². The Morgan fingerprint density at radius 2 is 1.26 bits per heavy atom. The first-order chi connectivity index (χ1) is 12.8. The highest BCUT2D eigenvalue weighted by atomic mass is 79.9. The molecule has 2 aromatic rings. The van der Waals surface area contributed by atoms with E-state index >= 15 is 0 Å². The highest BCUT2D eigenvalue weighted by Gasteiger charge is 2.15. The van der Waals surface area contributed by atoms with Crippen molar-refractivity contribution in [3.63, 3.8) is 0 Å². The molecule has 27 heavy (non-hydrogen) atoms. The minimum atomic E-state index is 0.197. The van der Waals surface area contributed by atoms with Crippen molar-refractivity contribution in [1.29, 1.82) is 0 Å². The lowest BCUT2D eigenvalue weighted by Crippen LogP contribution is -2.10. The molecule has 2 rings (SSSR count). The van der Waals surface area contributed by atoms with Crippen molar-refractivity contribution in [3.05, 3.63) is 93.3 Å². The fraction of sp³-hybridized carbons (Fsp3) is 0.273. The maximum absolute atomic E-state index is 5.95. The molecule has 0 saturated carbocycles. The van der Waals surface area contributed by atoms with E-state index in [1.54, 1.807) is 0 Å². The van der Waals surface area contributed by atoms with E-state index in [0.717, 1.165) is 32.0 Å². The molecular formula is C22H24Br2OS2. The van der Waals surface area contributed by atoms with Crippen molar-refractivity contribution in [2.45, 2.75) is 35.9 Å². The third kappa shape index (κ3) is 8.10. The molecule has 2 unspecified atom stereocenters. The zero-order valence-corrected chi connectivity index (χ0v) is 20.4. The molecule has 0 aromatic heterocycles. The predicted molar refractivity (Wildman–Crippen MR) is 129 cm³/mol. The number of rotatable bonds is 10. The minimum absolute atomic E-state index is 0.197. The lowest BCUT2D eigenvalue weighted by molar-refractivity contribution is 0.293. The standard InChI is InChI=1S/C22H24Br2OS2/c1-15(17(3)26-13-19-7-5-9-21(23)11-19)25-16(2)18(4)27-14-20-8-6-10-22(24)12-20/h5-12,17-18H,1-2,13-14H2,3-4H3. The van der Waals surface area contributed by atoms with Gasteiger partial charge in [-0.05, 0) is 49.2 Å². The normalized spacial score (nSPS) is 13.0. The summed E-state index contributed by atoms with van der Waals surface area (Å²) >= 11 is 10.7. The van der Waals surface area contributed by atoms with Gasteiger partial charge in [0.05, 0.1) is 10.5 Å². The first-order valence-corrected chi connectivity index (χ1v) is 12.3. The van der Waals surface area contributed by atoms with E-state index in [1.165, 1.54) is 11.1 Å². The average molecular weight is 528 g/mol. The van der Waals surface area contributed by atoms with Gasteiger partial charge in [0.25, 0.3) is 0 Å². The summed E-state index contributed by atoms with van der Waals surface area (Å²) < 4.78 is 8.16. The smallest absolute Gasteiger partial charge is 0.109 e. The van der Waals surface area contributed by atoms with Gasteiger partial charge in [-0.25, -0.2) is 0 Å². The van der Waals surface area contributed by atoms with Crippen molar-refractivity contribution in [3.8, 4) is 0 Å². The molecule has 0 saturated heterocycles. The topological polar surface area (TPSA) is 9.23 Å². The SMILES string of the molecule is C=C(OC(=C)C(C)SCc1cccc(Br)c1)C(C)SCc1cccc(Br)c1. The number of ether oxygens (including phenoxy) is 1. The lowest BCUT2D eigenvalue weighted by atomic mass is 10.2. The van der Waals surface area contributed by atoms with Crippen LogP contribution in [-0.2, 0) is 16.2 Å². The Bertz CT molecular complexity index is 726. The van der Waals surface area contributed by atoms with Crippen LogP contribution in [0.5, 0.6) is 0 Å². The van der Waals surface area contributed by atoms with Crippen LogP contribution < -0.4 is 0 Å². The predicted octanol–water partition coefficient (Wildman–Crippen LogP) is 8.20. The third-order valence-corrected chi connectivity index (χ3v) is 7.46. The molecule has 0 aliphatic heterocycles. The molecule has 2 atom stereocenters. The maximum atomic E-state index is 5.95. The molecule has 0 bridgehead atoms. The van der Waals surface area contributed by atoms with E-state index < -0.39 is 0 Å². The first kappa shape index (κ1) is 22.7. The number of thioether (sulfide) groups is 2. The summed E-state index contributed by atoms with van der Waals surface area (Å²) in [5, 5.41) is 0.394. The van der Waals surface area contributed by atoms with Crippen LogP contribution in [0.2, 0.25) is 0 Å². The Balaban J connectivity index is 1.76. The third-order valence-electron chi connectivity index (χ3n) is 3.95. The summed E-state index contributed by atoms with van der Waals surface area (Å²) in [7, 11) is 0. The van der Waals surface area contributed by atoms with Gasteiger partial charge in [0.2, 0.25) is 0 Å². The summed E-state index contributed by atoms with van der Waals surface area (Å²) in [6, 6.07) is 16.7. The van der Waals surface area contributed by atoms with Crippen molar-refractivity contribution < 1.29 is 4.74 Å². The highest BCUT2D eigenvalue weighted by Crippen LogP contribution is 2.29. The Labute approximate surface area is 188 Å². The second kappa shape index (κ2) is 11.4. The monoisotopic (exact) mass is 526 g/mol. The summed E-state index contributed by atoms with van der Waals surface area (Å²) in [4.78, 5) is 0. The van der Waals surface area contributed by atoms with Gasteiger partial charge in [-0.2, -0.15) is 0 Å². The van der Waals surface area contributed by atoms with Crippen LogP contribution in [0.15, 0.2) is 82.2 Å². The Hall–Kier alpha value is -0.620. The largest absolute Gasteiger partial charge is 0.465 e. The van der Waals surface area contributed by atoms with Gasteiger partial charge in [0, 0.05) is 20.5 Å². The van der Waals surface area contributed by atoms with E-state index in [0.29, 0.717) is 0 Å². The van der Waals surface area contributed by atoms with Crippen molar-refractivity contribution in [1.82, 2.24) is 0 Å². The van der Waals surface area contributed by atoms with Crippen LogP contribution in [0.25, 0.3) is 0 Å². The fourth-order valence-electron chi connectivity index (χ4n) is 2.22. The fourth-order valence-corrected chi connectivity index (χ4v) is 4.82. The summed E-state index contributed by atoms with van der Waals surface area (Å²) in [5.41, 5.74) is 2.57. The molecule has 0 spiro atoms. The van der Waals surface area contributed by atoms with Crippen LogP contribution in [0.4, 0.5) is 0 Å². The van der Waals surface area contributed by atoms with Crippen molar-refractivity contribution in [2.75, 3.05) is 0 Å². The zero-order valence-electron chi connectivity index (χ0n) is 15.6. The van der Waals surface area contributed by atoms with Crippen molar-refractivity contribution >= 4 is 55.4 Å². The minimum Gasteiger partial charge on any atom is -0.465 e. The van der Waals surface area contributed by atoms with Gasteiger partial charge in [0.15, 0.2) is 0 Å². The van der Waals surface area contributed by atoms with E-state index in [9.17, 15) is 0 Å². The summed E-state index contributed by atoms with van der Waals surface area (Å²) in [6.45, 7) is 12.5. The summed E-state index contributed by atoms with van der Waals surface area (Å²) in [5.74, 6) is 3.36. The van der Waals surface area contributed by atoms with E-state index in [1.807, 2.05) is 35.7 Å². The van der Waals surface area contributed by atoms with Crippen LogP contribution in [0, 0.1) is 0 Å². The van der Waals surface area contributed by atoms with Crippen LogP contribution >= 0.6 is 55.4 Å². The quantitative estimate of drug-likeness (QED) is 0.288. The van der Waals surface area contributed by atoms with Crippen molar-refractivity contribution in [2.24, 2.45) is 0 Å². The van der Waals surface area contributed by atoms with Gasteiger partial charge in [-0.1, -0.05) is 69.3 Å². The first-order valence-electron chi connectivity index (χ1n) is 8.62. The molecule has 0 aliphatic carbocycles. The molecule has 0 fully saturated rings. The Morgan fingerprint density at radius 3 is 1.63 bits per heavy atom. The average Bonchev–Trinajstić information content (AvgIpc) is 2.64. The highest BCUT2D eigenvalue weighted by molar-refractivity contribution is 9.10. The Morgan fingerprint density at radius 1 is 0.852 bits per heavy atom. The van der Waals surface area contributed by atoms with E-state index in [4.69, 9.17) is 4.74 Å². The Kier molecular flexibility index (Phi) is 9.57. The molecule has 0 aliphatic rings. The molecule has 2 aromatic carbocycles. The second-order valence-electron chi connectivity index (χ2n) is 6.20. The van der Waals surface area contributed by atoms with E-state index in [2.05, 4.69) is 95.3 Å². The summed E-state index contributed by atoms with van der Waals surface area (Å²) in [6.07, 6.45) is 0. The number of halogens is 2. The molecule has 0 amide bonds.